The first-order valence-electron chi connectivity index (χ1n) is 6.19. The second-order valence-electron chi connectivity index (χ2n) is 4.57. The Balaban J connectivity index is 2.14. The molecule has 0 atom stereocenters. The molecule has 1 aromatic carbocycles. The van der Waals surface area contributed by atoms with Crippen molar-refractivity contribution in [2.45, 2.75) is 32.7 Å². The van der Waals surface area contributed by atoms with E-state index < -0.39 is 0 Å². The SMILES string of the molecule is CC(C)NCCCCN(C)c1ccccc1. The zero-order chi connectivity index (χ0) is 11.8. The lowest BCUT2D eigenvalue weighted by molar-refractivity contribution is 0.557. The summed E-state index contributed by atoms with van der Waals surface area (Å²) < 4.78 is 0. The topological polar surface area (TPSA) is 15.3 Å². The summed E-state index contributed by atoms with van der Waals surface area (Å²) in [5, 5.41) is 3.44. The van der Waals surface area contributed by atoms with E-state index in [-0.39, 0.29) is 0 Å². The molecule has 0 saturated heterocycles. The smallest absolute Gasteiger partial charge is 0.0363 e. The van der Waals surface area contributed by atoms with Crippen LogP contribution < -0.4 is 10.2 Å². The minimum atomic E-state index is 0.604. The first-order valence-corrected chi connectivity index (χ1v) is 6.19. The number of para-hydroxylation sites is 1. The Kier molecular flexibility index (Phi) is 5.94. The van der Waals surface area contributed by atoms with E-state index in [9.17, 15) is 0 Å². The molecule has 1 rings (SSSR count). The molecule has 0 bridgehead atoms. The molecule has 0 fully saturated rings. The normalized spacial score (nSPS) is 10.8. The quantitative estimate of drug-likeness (QED) is 0.711. The zero-order valence-electron chi connectivity index (χ0n) is 10.7. The number of nitrogens with zero attached hydrogens (tertiary/aromatic N) is 1. The van der Waals surface area contributed by atoms with Crippen LogP contribution >= 0.6 is 0 Å². The summed E-state index contributed by atoms with van der Waals surface area (Å²) in [6.45, 7) is 6.64. The van der Waals surface area contributed by atoms with Crippen molar-refractivity contribution in [3.8, 4) is 0 Å². The van der Waals surface area contributed by atoms with E-state index in [0.29, 0.717) is 6.04 Å². The first-order chi connectivity index (χ1) is 7.70. The standard InChI is InChI=1S/C14H24N2/c1-13(2)15-11-7-8-12-16(3)14-9-5-4-6-10-14/h4-6,9-10,13,15H,7-8,11-12H2,1-3H3. The van der Waals surface area contributed by atoms with Gasteiger partial charge in [0.15, 0.2) is 0 Å². The largest absolute Gasteiger partial charge is 0.375 e. The maximum atomic E-state index is 3.44. The summed E-state index contributed by atoms with van der Waals surface area (Å²) in [7, 11) is 2.16. The molecule has 0 heterocycles. The minimum absolute atomic E-state index is 0.604. The van der Waals surface area contributed by atoms with Gasteiger partial charge in [0.1, 0.15) is 0 Å². The monoisotopic (exact) mass is 220 g/mol. The van der Waals surface area contributed by atoms with Crippen molar-refractivity contribution >= 4 is 5.69 Å². The van der Waals surface area contributed by atoms with Gasteiger partial charge in [-0.2, -0.15) is 0 Å². The van der Waals surface area contributed by atoms with E-state index in [0.717, 1.165) is 13.1 Å². The van der Waals surface area contributed by atoms with Gasteiger partial charge < -0.3 is 10.2 Å². The Morgan fingerprint density at radius 3 is 2.44 bits per heavy atom. The van der Waals surface area contributed by atoms with Crippen molar-refractivity contribution in [1.82, 2.24) is 5.32 Å². The van der Waals surface area contributed by atoms with Gasteiger partial charge in [0.05, 0.1) is 0 Å². The van der Waals surface area contributed by atoms with Crippen LogP contribution in [-0.4, -0.2) is 26.2 Å². The van der Waals surface area contributed by atoms with E-state index in [4.69, 9.17) is 0 Å². The second kappa shape index (κ2) is 7.29. The highest BCUT2D eigenvalue weighted by atomic mass is 15.1. The third-order valence-corrected chi connectivity index (χ3v) is 2.67. The van der Waals surface area contributed by atoms with Crippen LogP contribution in [-0.2, 0) is 0 Å². The van der Waals surface area contributed by atoms with Gasteiger partial charge in [0.2, 0.25) is 0 Å². The molecule has 0 aliphatic rings. The Morgan fingerprint density at radius 1 is 1.12 bits per heavy atom. The fourth-order valence-corrected chi connectivity index (χ4v) is 1.68. The molecule has 0 saturated carbocycles. The predicted molar refractivity (Wildman–Crippen MR) is 72.1 cm³/mol. The molecule has 0 aliphatic carbocycles. The lowest BCUT2D eigenvalue weighted by atomic mass is 10.2. The Hall–Kier alpha value is -1.02. The van der Waals surface area contributed by atoms with Crippen LogP contribution in [0, 0.1) is 0 Å². The highest BCUT2D eigenvalue weighted by Gasteiger charge is 1.99. The molecule has 0 aliphatic heterocycles. The number of nitrogens with one attached hydrogen (secondary N) is 1. The van der Waals surface area contributed by atoms with Crippen molar-refractivity contribution in [2.75, 3.05) is 25.0 Å². The lowest BCUT2D eigenvalue weighted by Crippen LogP contribution is -2.25. The summed E-state index contributed by atoms with van der Waals surface area (Å²) in [5.41, 5.74) is 1.30. The van der Waals surface area contributed by atoms with E-state index in [1.165, 1.54) is 18.5 Å². The van der Waals surface area contributed by atoms with Crippen LogP contribution in [0.3, 0.4) is 0 Å². The maximum Gasteiger partial charge on any atom is 0.0363 e. The van der Waals surface area contributed by atoms with Crippen LogP contribution in [0.2, 0.25) is 0 Å². The van der Waals surface area contributed by atoms with Gasteiger partial charge in [-0.25, -0.2) is 0 Å². The maximum absolute atomic E-state index is 3.44. The van der Waals surface area contributed by atoms with Gasteiger partial charge in [0, 0.05) is 25.3 Å². The molecule has 0 amide bonds. The van der Waals surface area contributed by atoms with Crippen LogP contribution in [0.5, 0.6) is 0 Å². The van der Waals surface area contributed by atoms with Crippen LogP contribution in [0.15, 0.2) is 30.3 Å². The predicted octanol–water partition coefficient (Wildman–Crippen LogP) is 2.90. The average molecular weight is 220 g/mol. The van der Waals surface area contributed by atoms with Gasteiger partial charge >= 0.3 is 0 Å². The molecule has 2 nitrogen and oxygen atoms in total. The fraction of sp³-hybridized carbons (Fsp3) is 0.571. The molecule has 2 heteroatoms. The molecule has 0 radical (unpaired) electrons. The van der Waals surface area contributed by atoms with E-state index >= 15 is 0 Å². The number of unbranched alkanes of at least 4 members (excludes halogenated alkanes) is 1. The molecular formula is C14H24N2. The van der Waals surface area contributed by atoms with Crippen molar-refractivity contribution in [3.05, 3.63) is 30.3 Å². The minimum Gasteiger partial charge on any atom is -0.375 e. The van der Waals surface area contributed by atoms with Crippen LogP contribution in [0.25, 0.3) is 0 Å². The summed E-state index contributed by atoms with van der Waals surface area (Å²) in [4.78, 5) is 2.31. The van der Waals surface area contributed by atoms with E-state index in [2.05, 4.69) is 61.4 Å². The number of benzene rings is 1. The lowest BCUT2D eigenvalue weighted by Gasteiger charge is -2.19. The Labute approximate surface area is 99.7 Å². The summed E-state index contributed by atoms with van der Waals surface area (Å²) in [6.07, 6.45) is 2.49. The molecule has 1 N–H and O–H groups in total. The molecule has 0 aromatic heterocycles. The molecule has 0 spiro atoms. The summed E-state index contributed by atoms with van der Waals surface area (Å²) in [5.74, 6) is 0. The van der Waals surface area contributed by atoms with Gasteiger partial charge in [-0.15, -0.1) is 0 Å². The zero-order valence-corrected chi connectivity index (χ0v) is 10.7. The number of rotatable bonds is 7. The van der Waals surface area contributed by atoms with Crippen molar-refractivity contribution in [1.29, 1.82) is 0 Å². The van der Waals surface area contributed by atoms with Crippen LogP contribution in [0.1, 0.15) is 26.7 Å². The van der Waals surface area contributed by atoms with Crippen molar-refractivity contribution < 1.29 is 0 Å². The van der Waals surface area contributed by atoms with Gasteiger partial charge in [-0.3, -0.25) is 0 Å². The van der Waals surface area contributed by atoms with Gasteiger partial charge in [0.25, 0.3) is 0 Å². The van der Waals surface area contributed by atoms with Gasteiger partial charge in [-0.05, 0) is 31.5 Å². The molecule has 90 valence electrons. The third kappa shape index (κ3) is 5.17. The third-order valence-electron chi connectivity index (χ3n) is 2.67. The molecular weight excluding hydrogens is 196 g/mol. The van der Waals surface area contributed by atoms with Gasteiger partial charge in [-0.1, -0.05) is 32.0 Å². The Morgan fingerprint density at radius 2 is 1.81 bits per heavy atom. The fourth-order valence-electron chi connectivity index (χ4n) is 1.68. The number of hydrogen-bond acceptors (Lipinski definition) is 2. The highest BCUT2D eigenvalue weighted by Crippen LogP contribution is 2.11. The molecule has 16 heavy (non-hydrogen) atoms. The Bertz CT molecular complexity index is 269. The van der Waals surface area contributed by atoms with Crippen molar-refractivity contribution in [2.24, 2.45) is 0 Å². The molecule has 1 aromatic rings. The second-order valence-corrected chi connectivity index (χ2v) is 4.57. The van der Waals surface area contributed by atoms with Crippen LogP contribution in [0.4, 0.5) is 5.69 Å². The number of anilines is 1. The average Bonchev–Trinajstić information content (AvgIpc) is 2.29. The van der Waals surface area contributed by atoms with Crippen molar-refractivity contribution in [3.63, 3.8) is 0 Å². The number of hydrogen-bond donors (Lipinski definition) is 1. The highest BCUT2D eigenvalue weighted by molar-refractivity contribution is 5.44. The first kappa shape index (κ1) is 13.0. The van der Waals surface area contributed by atoms with E-state index in [1.54, 1.807) is 0 Å². The molecule has 0 unspecified atom stereocenters. The summed E-state index contributed by atoms with van der Waals surface area (Å²) in [6, 6.07) is 11.2. The van der Waals surface area contributed by atoms with E-state index in [1.807, 2.05) is 0 Å². The summed E-state index contributed by atoms with van der Waals surface area (Å²) >= 11 is 0.